The van der Waals surface area contributed by atoms with E-state index in [9.17, 15) is 4.79 Å². The van der Waals surface area contributed by atoms with E-state index in [1.54, 1.807) is 0 Å². The summed E-state index contributed by atoms with van der Waals surface area (Å²) in [6, 6.07) is 0.473. The summed E-state index contributed by atoms with van der Waals surface area (Å²) in [5.74, 6) is 0.810. The predicted molar refractivity (Wildman–Crippen MR) is 71.0 cm³/mol. The van der Waals surface area contributed by atoms with E-state index in [-0.39, 0.29) is 11.9 Å². The number of carbonyl (C=O) groups excluding carboxylic acids is 1. The summed E-state index contributed by atoms with van der Waals surface area (Å²) in [6.45, 7) is 12.2. The molecule has 1 rings (SSSR count). The van der Waals surface area contributed by atoms with Gasteiger partial charge < -0.3 is 10.6 Å². The van der Waals surface area contributed by atoms with Crippen molar-refractivity contribution in [1.82, 2.24) is 15.5 Å². The highest BCUT2D eigenvalue weighted by molar-refractivity contribution is 5.81. The molecule has 1 saturated heterocycles. The highest BCUT2D eigenvalue weighted by Crippen LogP contribution is 2.05. The fraction of sp³-hybridized carbons (Fsp3) is 0.923. The van der Waals surface area contributed by atoms with E-state index in [0.717, 1.165) is 32.6 Å². The number of piperazine rings is 1. The van der Waals surface area contributed by atoms with Crippen LogP contribution in [0.3, 0.4) is 0 Å². The van der Waals surface area contributed by atoms with Crippen molar-refractivity contribution in [3.05, 3.63) is 0 Å². The lowest BCUT2D eigenvalue weighted by atomic mass is 10.1. The Balaban J connectivity index is 2.30. The third-order valence-corrected chi connectivity index (χ3v) is 3.35. The van der Waals surface area contributed by atoms with Gasteiger partial charge in [0.1, 0.15) is 0 Å². The van der Waals surface area contributed by atoms with Crippen molar-refractivity contribution in [3.8, 4) is 0 Å². The Kier molecular flexibility index (Phi) is 5.92. The highest BCUT2D eigenvalue weighted by Gasteiger charge is 2.24. The second-order valence-electron chi connectivity index (χ2n) is 5.50. The molecule has 2 atom stereocenters. The van der Waals surface area contributed by atoms with Gasteiger partial charge in [-0.2, -0.15) is 0 Å². The molecule has 0 radical (unpaired) electrons. The van der Waals surface area contributed by atoms with Gasteiger partial charge >= 0.3 is 0 Å². The van der Waals surface area contributed by atoms with Crippen molar-refractivity contribution < 1.29 is 4.79 Å². The van der Waals surface area contributed by atoms with Crippen molar-refractivity contribution in [2.45, 2.75) is 46.2 Å². The van der Waals surface area contributed by atoms with Crippen molar-refractivity contribution in [2.75, 3.05) is 26.2 Å². The maximum absolute atomic E-state index is 12.0. The van der Waals surface area contributed by atoms with Gasteiger partial charge in [-0.1, -0.05) is 13.8 Å². The molecule has 17 heavy (non-hydrogen) atoms. The van der Waals surface area contributed by atoms with Gasteiger partial charge in [0, 0.05) is 32.2 Å². The topological polar surface area (TPSA) is 44.4 Å². The smallest absolute Gasteiger partial charge is 0.237 e. The Morgan fingerprint density at radius 3 is 2.76 bits per heavy atom. The van der Waals surface area contributed by atoms with Crippen LogP contribution in [0.1, 0.15) is 34.1 Å². The van der Waals surface area contributed by atoms with E-state index in [2.05, 4.69) is 36.3 Å². The van der Waals surface area contributed by atoms with Crippen LogP contribution < -0.4 is 10.6 Å². The molecule has 0 aromatic heterocycles. The van der Waals surface area contributed by atoms with E-state index >= 15 is 0 Å². The summed E-state index contributed by atoms with van der Waals surface area (Å²) >= 11 is 0. The first kappa shape index (κ1) is 14.5. The van der Waals surface area contributed by atoms with Gasteiger partial charge in [0.15, 0.2) is 0 Å². The first-order valence-corrected chi connectivity index (χ1v) is 6.76. The molecule has 100 valence electrons. The summed E-state index contributed by atoms with van der Waals surface area (Å²) in [4.78, 5) is 14.2. The maximum atomic E-state index is 12.0. The van der Waals surface area contributed by atoms with Crippen LogP contribution in [0, 0.1) is 5.92 Å². The summed E-state index contributed by atoms with van der Waals surface area (Å²) in [5.41, 5.74) is 0. The molecule has 1 unspecified atom stereocenters. The van der Waals surface area contributed by atoms with Crippen molar-refractivity contribution >= 4 is 5.91 Å². The quantitative estimate of drug-likeness (QED) is 0.749. The van der Waals surface area contributed by atoms with Crippen LogP contribution >= 0.6 is 0 Å². The normalized spacial score (nSPS) is 23.7. The molecule has 1 amide bonds. The van der Waals surface area contributed by atoms with Gasteiger partial charge in [-0.3, -0.25) is 9.69 Å². The fourth-order valence-corrected chi connectivity index (χ4v) is 2.11. The summed E-state index contributed by atoms with van der Waals surface area (Å²) in [6.07, 6.45) is 1.05. The number of carbonyl (C=O) groups is 1. The lowest BCUT2D eigenvalue weighted by Gasteiger charge is -2.35. The zero-order chi connectivity index (χ0) is 12.8. The molecule has 0 saturated carbocycles. The van der Waals surface area contributed by atoms with Gasteiger partial charge in [0.25, 0.3) is 0 Å². The first-order chi connectivity index (χ1) is 8.00. The van der Waals surface area contributed by atoms with Crippen molar-refractivity contribution in [1.29, 1.82) is 0 Å². The van der Waals surface area contributed by atoms with Gasteiger partial charge in [-0.25, -0.2) is 0 Å². The molecule has 0 aromatic rings. The van der Waals surface area contributed by atoms with Gasteiger partial charge in [-0.05, 0) is 26.2 Å². The molecule has 0 bridgehead atoms. The highest BCUT2D eigenvalue weighted by atomic mass is 16.2. The third-order valence-electron chi connectivity index (χ3n) is 3.35. The molecule has 1 aliphatic rings. The largest absolute Gasteiger partial charge is 0.355 e. The molecule has 2 N–H and O–H groups in total. The van der Waals surface area contributed by atoms with Crippen LogP contribution in [0.15, 0.2) is 0 Å². The standard InChI is InChI=1S/C13H27N3O/c1-10(2)5-6-15-13(17)12(4)16-8-7-14-11(3)9-16/h10-12,14H,5-9H2,1-4H3,(H,15,17)/t11-,12?/m1/s1. The van der Waals surface area contributed by atoms with Crippen LogP contribution in [0.25, 0.3) is 0 Å². The van der Waals surface area contributed by atoms with E-state index in [0.29, 0.717) is 12.0 Å². The number of hydrogen-bond donors (Lipinski definition) is 2. The number of rotatable bonds is 5. The van der Waals surface area contributed by atoms with E-state index in [1.807, 2.05) is 6.92 Å². The third kappa shape index (κ3) is 5.04. The average molecular weight is 241 g/mol. The van der Waals surface area contributed by atoms with Gasteiger partial charge in [0.2, 0.25) is 5.91 Å². The van der Waals surface area contributed by atoms with Gasteiger partial charge in [0.05, 0.1) is 6.04 Å². The molecular formula is C13H27N3O. The van der Waals surface area contributed by atoms with Crippen LogP contribution in [0.2, 0.25) is 0 Å². The molecule has 0 aromatic carbocycles. The zero-order valence-corrected chi connectivity index (χ0v) is 11.6. The van der Waals surface area contributed by atoms with Crippen LogP contribution in [-0.2, 0) is 4.79 Å². The van der Waals surface area contributed by atoms with Crippen molar-refractivity contribution in [2.24, 2.45) is 5.92 Å². The molecule has 1 aliphatic heterocycles. The Morgan fingerprint density at radius 1 is 1.47 bits per heavy atom. The van der Waals surface area contributed by atoms with Crippen LogP contribution in [0.4, 0.5) is 0 Å². The molecule has 0 spiro atoms. The lowest BCUT2D eigenvalue weighted by Crippen LogP contribution is -2.55. The van der Waals surface area contributed by atoms with E-state index in [1.165, 1.54) is 0 Å². The summed E-state index contributed by atoms with van der Waals surface area (Å²) < 4.78 is 0. The Hall–Kier alpha value is -0.610. The summed E-state index contributed by atoms with van der Waals surface area (Å²) in [7, 11) is 0. The van der Waals surface area contributed by atoms with E-state index in [4.69, 9.17) is 0 Å². The zero-order valence-electron chi connectivity index (χ0n) is 11.6. The minimum atomic E-state index is -0.00767. The minimum Gasteiger partial charge on any atom is -0.355 e. The second kappa shape index (κ2) is 6.97. The Bertz CT molecular complexity index is 243. The average Bonchev–Trinajstić information content (AvgIpc) is 2.27. The second-order valence-corrected chi connectivity index (χ2v) is 5.50. The molecule has 0 aliphatic carbocycles. The molecule has 1 fully saturated rings. The number of nitrogens with zero attached hydrogens (tertiary/aromatic N) is 1. The molecular weight excluding hydrogens is 214 g/mol. The number of nitrogens with one attached hydrogen (secondary N) is 2. The molecule has 4 heteroatoms. The fourth-order valence-electron chi connectivity index (χ4n) is 2.11. The van der Waals surface area contributed by atoms with Crippen LogP contribution in [0.5, 0.6) is 0 Å². The Labute approximate surface area is 105 Å². The summed E-state index contributed by atoms with van der Waals surface area (Å²) in [5, 5.41) is 6.42. The minimum absolute atomic E-state index is 0.00767. The van der Waals surface area contributed by atoms with E-state index < -0.39 is 0 Å². The van der Waals surface area contributed by atoms with Gasteiger partial charge in [-0.15, -0.1) is 0 Å². The SMILES string of the molecule is CC(C)CCNC(=O)C(C)N1CCN[C@H](C)C1. The number of hydrogen-bond acceptors (Lipinski definition) is 3. The Morgan fingerprint density at radius 2 is 2.18 bits per heavy atom. The lowest BCUT2D eigenvalue weighted by molar-refractivity contribution is -0.126. The molecule has 4 nitrogen and oxygen atoms in total. The molecule has 1 heterocycles. The van der Waals surface area contributed by atoms with Crippen molar-refractivity contribution in [3.63, 3.8) is 0 Å². The first-order valence-electron chi connectivity index (χ1n) is 6.76. The monoisotopic (exact) mass is 241 g/mol. The van der Waals surface area contributed by atoms with Crippen LogP contribution in [-0.4, -0.2) is 49.1 Å². The maximum Gasteiger partial charge on any atom is 0.237 e. The number of amides is 1. The predicted octanol–water partition coefficient (Wildman–Crippen LogP) is 0.831.